The molecule has 0 spiro atoms. The van der Waals surface area contributed by atoms with Crippen LogP contribution in [0.15, 0.2) is 53.2 Å². The number of alkyl halides is 6. The Morgan fingerprint density at radius 1 is 1.14 bits per heavy atom. The van der Waals surface area contributed by atoms with Gasteiger partial charge in [-0.1, -0.05) is 70.0 Å². The Hall–Kier alpha value is -2.50. The number of allylic oxidation sites excluding steroid dienone is 1. The molecule has 0 aliphatic heterocycles. The monoisotopic (exact) mass is 632 g/mol. The van der Waals surface area contributed by atoms with Gasteiger partial charge in [-0.2, -0.15) is 26.3 Å². The Kier molecular flexibility index (Phi) is 12.2. The number of halogens is 9. The molecule has 0 aliphatic rings. The minimum Gasteiger partial charge on any atom is -0.384 e. The van der Waals surface area contributed by atoms with Gasteiger partial charge in [0, 0.05) is 17.1 Å². The third kappa shape index (κ3) is 10.8. The van der Waals surface area contributed by atoms with Gasteiger partial charge in [0.2, 0.25) is 0 Å². The second kappa shape index (κ2) is 13.9. The number of hydrogen-bond acceptors (Lipinski definition) is 3. The molecule has 1 unspecified atom stereocenters. The average Bonchev–Trinajstić information content (AvgIpc) is 2.79. The Labute approximate surface area is 227 Å². The molecule has 0 aromatic heterocycles. The van der Waals surface area contributed by atoms with Crippen molar-refractivity contribution in [3.8, 4) is 0 Å². The SMILES string of the molecule is C=C(NC)C(=O)NCC(F)(F)F.Cc1cc(C(/C=C/c2ccc(C=O)c(Br)c2)C(F)(F)F)cc(Cl)c1Cl. The predicted octanol–water partition coefficient (Wildman–Crippen LogP) is 7.63. The quantitative estimate of drug-likeness (QED) is 0.187. The van der Waals surface area contributed by atoms with E-state index in [1.165, 1.54) is 31.3 Å². The standard InChI is InChI=1S/C18H12BrCl2F3O.C6H9F3N2O/c1-10-6-13(8-16(20)17(10)21)14(18(22,23)24)5-3-11-2-4-12(9-25)15(19)7-11;1-4(10-2)5(12)11-3-6(7,8)9/h2-9,14H,1H3;10H,1,3H2,2H3,(H,11,12)/b5-3+;. The van der Waals surface area contributed by atoms with Gasteiger partial charge in [0.15, 0.2) is 6.29 Å². The number of benzene rings is 2. The van der Waals surface area contributed by atoms with Crippen LogP contribution >= 0.6 is 39.1 Å². The van der Waals surface area contributed by atoms with Gasteiger partial charge in [0.05, 0.1) is 21.7 Å². The molecular weight excluding hydrogens is 613 g/mol. The van der Waals surface area contributed by atoms with Crippen molar-refractivity contribution >= 4 is 57.4 Å². The van der Waals surface area contributed by atoms with Crippen LogP contribution in [0.5, 0.6) is 0 Å². The van der Waals surface area contributed by atoms with E-state index in [9.17, 15) is 35.9 Å². The van der Waals surface area contributed by atoms with Crippen LogP contribution in [0.1, 0.15) is 33.0 Å². The zero-order chi connectivity index (χ0) is 28.6. The average molecular weight is 634 g/mol. The van der Waals surface area contributed by atoms with E-state index < -0.39 is 30.7 Å². The molecule has 13 heteroatoms. The van der Waals surface area contributed by atoms with Crippen LogP contribution in [-0.4, -0.2) is 38.1 Å². The Morgan fingerprint density at radius 3 is 2.22 bits per heavy atom. The number of aryl methyl sites for hydroxylation is 1. The Balaban J connectivity index is 0.000000482. The van der Waals surface area contributed by atoms with Crippen LogP contribution in [0, 0.1) is 6.92 Å². The van der Waals surface area contributed by atoms with E-state index in [1.54, 1.807) is 24.4 Å². The summed E-state index contributed by atoms with van der Waals surface area (Å²) in [7, 11) is 1.40. The van der Waals surface area contributed by atoms with E-state index in [4.69, 9.17) is 23.2 Å². The van der Waals surface area contributed by atoms with Gasteiger partial charge in [0.1, 0.15) is 6.54 Å². The molecule has 37 heavy (non-hydrogen) atoms. The number of amides is 1. The summed E-state index contributed by atoms with van der Waals surface area (Å²) in [6.45, 7) is 3.44. The zero-order valence-electron chi connectivity index (χ0n) is 19.3. The summed E-state index contributed by atoms with van der Waals surface area (Å²) in [4.78, 5) is 21.4. The lowest BCUT2D eigenvalue weighted by Crippen LogP contribution is -2.36. The van der Waals surface area contributed by atoms with Crippen LogP contribution in [0.3, 0.4) is 0 Å². The molecule has 0 radical (unpaired) electrons. The van der Waals surface area contributed by atoms with E-state index in [-0.39, 0.29) is 21.3 Å². The molecule has 1 atom stereocenters. The number of nitrogens with one attached hydrogen (secondary N) is 2. The van der Waals surface area contributed by atoms with E-state index in [0.29, 0.717) is 27.4 Å². The van der Waals surface area contributed by atoms with Gasteiger partial charge >= 0.3 is 12.4 Å². The molecule has 0 heterocycles. The van der Waals surface area contributed by atoms with Gasteiger partial charge in [-0.25, -0.2) is 0 Å². The molecule has 0 saturated heterocycles. The fourth-order valence-corrected chi connectivity index (χ4v) is 3.57. The third-order valence-electron chi connectivity index (χ3n) is 4.60. The van der Waals surface area contributed by atoms with Crippen molar-refractivity contribution in [3.63, 3.8) is 0 Å². The largest absolute Gasteiger partial charge is 0.405 e. The van der Waals surface area contributed by atoms with Gasteiger partial charge in [0.25, 0.3) is 5.91 Å². The van der Waals surface area contributed by atoms with Crippen molar-refractivity contribution < 1.29 is 35.9 Å². The molecule has 0 aliphatic carbocycles. The summed E-state index contributed by atoms with van der Waals surface area (Å²) in [5.74, 6) is -2.68. The smallest absolute Gasteiger partial charge is 0.384 e. The minimum atomic E-state index is -4.49. The molecule has 2 aromatic rings. The summed E-state index contributed by atoms with van der Waals surface area (Å²) in [6, 6.07) is 7.28. The van der Waals surface area contributed by atoms with Crippen LogP contribution < -0.4 is 10.6 Å². The molecule has 2 aromatic carbocycles. The second-order valence-electron chi connectivity index (χ2n) is 7.44. The third-order valence-corrected chi connectivity index (χ3v) is 6.19. The summed E-state index contributed by atoms with van der Waals surface area (Å²) in [5, 5.41) is 4.29. The lowest BCUT2D eigenvalue weighted by atomic mass is 9.95. The first-order chi connectivity index (χ1) is 17.0. The van der Waals surface area contributed by atoms with E-state index >= 15 is 0 Å². The maximum Gasteiger partial charge on any atom is 0.405 e. The van der Waals surface area contributed by atoms with Crippen molar-refractivity contribution in [1.29, 1.82) is 0 Å². The van der Waals surface area contributed by atoms with Crippen molar-refractivity contribution in [2.45, 2.75) is 25.2 Å². The zero-order valence-corrected chi connectivity index (χ0v) is 22.4. The number of hydrogen-bond donors (Lipinski definition) is 2. The number of likely N-dealkylation sites (N-methyl/N-ethyl adjacent to an activating group) is 1. The number of aldehydes is 1. The van der Waals surface area contributed by atoms with Crippen molar-refractivity contribution in [2.75, 3.05) is 13.6 Å². The maximum absolute atomic E-state index is 13.5. The molecular formula is C24H21BrCl2F6N2O2. The normalized spacial score (nSPS) is 12.4. The topological polar surface area (TPSA) is 58.2 Å². The van der Waals surface area contributed by atoms with Gasteiger partial charge in [-0.15, -0.1) is 0 Å². The number of carbonyl (C=O) groups excluding carboxylic acids is 2. The molecule has 1 amide bonds. The van der Waals surface area contributed by atoms with E-state index in [2.05, 4.69) is 27.8 Å². The van der Waals surface area contributed by atoms with E-state index in [0.717, 1.165) is 6.08 Å². The molecule has 202 valence electrons. The molecule has 4 nitrogen and oxygen atoms in total. The van der Waals surface area contributed by atoms with Crippen molar-refractivity contribution in [3.05, 3.63) is 85.5 Å². The first-order valence-electron chi connectivity index (χ1n) is 10.2. The van der Waals surface area contributed by atoms with Crippen LogP contribution in [0.2, 0.25) is 10.0 Å². The van der Waals surface area contributed by atoms with Crippen LogP contribution in [0.4, 0.5) is 26.3 Å². The summed E-state index contributed by atoms with van der Waals surface area (Å²) >= 11 is 15.1. The number of rotatable bonds is 7. The summed E-state index contributed by atoms with van der Waals surface area (Å²) < 4.78 is 75.5. The van der Waals surface area contributed by atoms with Gasteiger partial charge in [-0.3, -0.25) is 9.59 Å². The lowest BCUT2D eigenvalue weighted by molar-refractivity contribution is -0.139. The van der Waals surface area contributed by atoms with Crippen molar-refractivity contribution in [1.82, 2.24) is 10.6 Å². The fourth-order valence-electron chi connectivity index (χ4n) is 2.69. The highest BCUT2D eigenvalue weighted by atomic mass is 79.9. The fraction of sp³-hybridized carbons (Fsp3) is 0.250. The Bertz CT molecular complexity index is 1140. The molecule has 2 rings (SSSR count). The van der Waals surface area contributed by atoms with Crippen LogP contribution in [0.25, 0.3) is 6.08 Å². The lowest BCUT2D eigenvalue weighted by Gasteiger charge is -2.19. The highest BCUT2D eigenvalue weighted by Crippen LogP contribution is 2.39. The number of carbonyl (C=O) groups is 2. The van der Waals surface area contributed by atoms with Crippen LogP contribution in [-0.2, 0) is 4.79 Å². The highest BCUT2D eigenvalue weighted by Gasteiger charge is 2.39. The molecule has 0 fully saturated rings. The summed E-state index contributed by atoms with van der Waals surface area (Å²) in [6.07, 6.45) is -5.80. The Morgan fingerprint density at radius 2 is 1.76 bits per heavy atom. The van der Waals surface area contributed by atoms with Gasteiger partial charge in [-0.05, 0) is 41.8 Å². The summed E-state index contributed by atoms with van der Waals surface area (Å²) in [5.41, 5.74) is 1.34. The van der Waals surface area contributed by atoms with E-state index in [1.807, 2.05) is 0 Å². The predicted molar refractivity (Wildman–Crippen MR) is 136 cm³/mol. The van der Waals surface area contributed by atoms with Gasteiger partial charge < -0.3 is 10.6 Å². The minimum absolute atomic E-state index is 0.0132. The highest BCUT2D eigenvalue weighted by molar-refractivity contribution is 9.10. The van der Waals surface area contributed by atoms with Crippen molar-refractivity contribution in [2.24, 2.45) is 0 Å². The first-order valence-corrected chi connectivity index (χ1v) is 11.7. The molecule has 2 N–H and O–H groups in total. The molecule has 0 bridgehead atoms. The maximum atomic E-state index is 13.5. The first kappa shape index (κ1) is 32.5. The molecule has 0 saturated carbocycles. The second-order valence-corrected chi connectivity index (χ2v) is 9.08.